The second kappa shape index (κ2) is 37.0. The summed E-state index contributed by atoms with van der Waals surface area (Å²) in [4.78, 5) is 42.9. The van der Waals surface area contributed by atoms with Crippen LogP contribution >= 0.6 is 7.82 Å². The van der Waals surface area contributed by atoms with E-state index < -0.39 is 32.5 Å². The maximum absolute atomic E-state index is 12.4. The molecule has 0 radical (unpaired) electrons. The molecule has 1 aliphatic rings. The monoisotopic (exact) mass is 807 g/mol. The van der Waals surface area contributed by atoms with Gasteiger partial charge >= 0.3 is 19.8 Å². The molecule has 1 heterocycles. The summed E-state index contributed by atoms with van der Waals surface area (Å²) in [6.07, 6.45) is 50.0. The van der Waals surface area contributed by atoms with Gasteiger partial charge in [0.25, 0.3) is 0 Å². The lowest BCUT2D eigenvalue weighted by atomic mass is 10.0. The van der Waals surface area contributed by atoms with Crippen LogP contribution < -0.4 is 0 Å². The molecule has 9 nitrogen and oxygen atoms in total. The molecule has 0 saturated carbocycles. The number of phosphoric ester groups is 1. The van der Waals surface area contributed by atoms with Crippen LogP contribution in [0.15, 0.2) is 60.8 Å². The fourth-order valence-electron chi connectivity index (χ4n) is 6.32. The van der Waals surface area contributed by atoms with E-state index in [4.69, 9.17) is 24.0 Å². The van der Waals surface area contributed by atoms with Crippen LogP contribution in [-0.2, 0) is 32.9 Å². The van der Waals surface area contributed by atoms with E-state index in [-0.39, 0.29) is 19.4 Å². The van der Waals surface area contributed by atoms with E-state index in [2.05, 4.69) is 67.0 Å². The molecule has 56 heavy (non-hydrogen) atoms. The Balaban J connectivity index is 2.08. The predicted molar refractivity (Wildman–Crippen MR) is 229 cm³/mol. The van der Waals surface area contributed by atoms with Crippen molar-refractivity contribution >= 4 is 19.8 Å². The Bertz CT molecular complexity index is 1160. The predicted octanol–water partition coefficient (Wildman–Crippen LogP) is 12.7. The zero-order valence-corrected chi connectivity index (χ0v) is 36.1. The first-order valence-electron chi connectivity index (χ1n) is 22.2. The van der Waals surface area contributed by atoms with Crippen LogP contribution in [0.5, 0.6) is 0 Å². The smallest absolute Gasteiger partial charge is 0.462 e. The largest absolute Gasteiger partial charge is 0.469 e. The molecular weight excluding hydrogens is 727 g/mol. The van der Waals surface area contributed by atoms with Crippen molar-refractivity contribution < 1.29 is 42.7 Å². The molecule has 0 amide bonds. The van der Waals surface area contributed by atoms with E-state index in [0.29, 0.717) is 25.0 Å². The SMILES string of the molecule is CC/C=C\CC1OC1C/C=C\C/C=C\C/C=C\C/C=C\CCC(=O)OC[C@H](COP(=O)(O)O)OC(=O)CCCCCCCCCCCCCCCCCCCC. The molecule has 0 bridgehead atoms. The Labute approximate surface area is 341 Å². The van der Waals surface area contributed by atoms with Crippen molar-refractivity contribution in [3.05, 3.63) is 60.8 Å². The molecule has 0 aromatic carbocycles. The van der Waals surface area contributed by atoms with Crippen molar-refractivity contribution in [3.63, 3.8) is 0 Å². The first-order chi connectivity index (χ1) is 27.2. The average molecular weight is 807 g/mol. The molecule has 0 aliphatic carbocycles. The summed E-state index contributed by atoms with van der Waals surface area (Å²) in [7, 11) is -4.78. The van der Waals surface area contributed by atoms with Crippen LogP contribution in [0.2, 0.25) is 0 Å². The van der Waals surface area contributed by atoms with Gasteiger partial charge in [0.05, 0.1) is 18.8 Å². The molecule has 1 rings (SSSR count). The van der Waals surface area contributed by atoms with Crippen molar-refractivity contribution in [1.82, 2.24) is 0 Å². The van der Waals surface area contributed by atoms with Gasteiger partial charge in [0, 0.05) is 12.8 Å². The molecule has 10 heteroatoms. The zero-order chi connectivity index (χ0) is 40.8. The third-order valence-electron chi connectivity index (χ3n) is 9.72. The minimum Gasteiger partial charge on any atom is -0.462 e. The number of hydrogen-bond acceptors (Lipinski definition) is 7. The fourth-order valence-corrected chi connectivity index (χ4v) is 6.68. The highest BCUT2D eigenvalue weighted by Crippen LogP contribution is 2.36. The van der Waals surface area contributed by atoms with Crippen LogP contribution in [-0.4, -0.2) is 53.3 Å². The quantitative estimate of drug-likeness (QED) is 0.0205. The number of rotatable bonds is 39. The van der Waals surface area contributed by atoms with E-state index in [9.17, 15) is 14.2 Å². The lowest BCUT2D eigenvalue weighted by Crippen LogP contribution is -2.29. The number of unbranched alkanes of at least 4 members (excludes halogenated alkanes) is 17. The van der Waals surface area contributed by atoms with Crippen molar-refractivity contribution in [2.24, 2.45) is 0 Å². The van der Waals surface area contributed by atoms with Crippen molar-refractivity contribution in [2.45, 2.75) is 206 Å². The molecule has 2 unspecified atom stereocenters. The topological polar surface area (TPSA) is 132 Å². The summed E-state index contributed by atoms with van der Waals surface area (Å²) in [6, 6.07) is 0. The molecule has 0 aromatic rings. The molecule has 3 atom stereocenters. The number of carbonyl (C=O) groups excluding carboxylic acids is 2. The molecule has 1 saturated heterocycles. The standard InChI is InChI=1S/C46H79O9P/c1-3-5-7-8-9-10-11-12-13-14-15-16-17-22-25-28-31-35-39-46(48)54-42(41-53-56(49,50)51)40-52-45(47)38-34-30-27-24-21-19-18-20-23-26-29-33-37-44-43(55-44)36-32-6-4-2/h6,19-21,23,27,29-30,32-33,42-44H,3-5,7-18,22,24-26,28,31,34-41H2,1-2H3,(H2,49,50,51)/b21-19-,23-20-,30-27-,32-6-,33-29-/t42-,43?,44?/m1/s1. The van der Waals surface area contributed by atoms with Crippen molar-refractivity contribution in [3.8, 4) is 0 Å². The number of carbonyl (C=O) groups is 2. The Hall–Kier alpha value is -2.29. The summed E-state index contributed by atoms with van der Waals surface area (Å²) in [6.45, 7) is 3.52. The van der Waals surface area contributed by atoms with E-state index in [0.717, 1.165) is 57.8 Å². The minimum absolute atomic E-state index is 0.138. The van der Waals surface area contributed by atoms with Gasteiger partial charge in [-0.2, -0.15) is 0 Å². The second-order valence-corrected chi connectivity index (χ2v) is 16.3. The van der Waals surface area contributed by atoms with Crippen LogP contribution in [0.25, 0.3) is 0 Å². The molecule has 1 aliphatic heterocycles. The van der Waals surface area contributed by atoms with Crippen LogP contribution in [0, 0.1) is 0 Å². The average Bonchev–Trinajstić information content (AvgIpc) is 3.92. The number of allylic oxidation sites excluding steroid dienone is 8. The molecule has 0 aromatic heterocycles. The normalized spacial score (nSPS) is 16.6. The van der Waals surface area contributed by atoms with E-state index in [1.807, 2.05) is 12.2 Å². The second-order valence-electron chi connectivity index (χ2n) is 15.0. The van der Waals surface area contributed by atoms with Gasteiger partial charge in [0.1, 0.15) is 6.61 Å². The van der Waals surface area contributed by atoms with Gasteiger partial charge in [0.2, 0.25) is 0 Å². The fraction of sp³-hybridized carbons (Fsp3) is 0.739. The number of hydrogen-bond donors (Lipinski definition) is 2. The Morgan fingerprint density at radius 3 is 1.50 bits per heavy atom. The van der Waals surface area contributed by atoms with Crippen LogP contribution in [0.3, 0.4) is 0 Å². The third-order valence-corrected chi connectivity index (χ3v) is 10.2. The van der Waals surface area contributed by atoms with Gasteiger partial charge in [-0.25, -0.2) is 4.57 Å². The molecule has 2 N–H and O–H groups in total. The highest BCUT2D eigenvalue weighted by Gasteiger charge is 2.35. The molecular formula is C46H79O9P. The maximum Gasteiger partial charge on any atom is 0.469 e. The summed E-state index contributed by atoms with van der Waals surface area (Å²) >= 11 is 0. The summed E-state index contributed by atoms with van der Waals surface area (Å²) in [5.74, 6) is -0.984. The minimum atomic E-state index is -4.78. The Kier molecular flexibility index (Phi) is 34.2. The lowest BCUT2D eigenvalue weighted by molar-refractivity contribution is -0.161. The van der Waals surface area contributed by atoms with Gasteiger partial charge in [0.15, 0.2) is 6.10 Å². The van der Waals surface area contributed by atoms with Gasteiger partial charge in [-0.15, -0.1) is 0 Å². The number of esters is 2. The van der Waals surface area contributed by atoms with E-state index in [1.165, 1.54) is 89.9 Å². The highest BCUT2D eigenvalue weighted by molar-refractivity contribution is 7.46. The zero-order valence-electron chi connectivity index (χ0n) is 35.2. The number of epoxide rings is 1. The van der Waals surface area contributed by atoms with Gasteiger partial charge in [-0.1, -0.05) is 184 Å². The molecule has 322 valence electrons. The van der Waals surface area contributed by atoms with Crippen LogP contribution in [0.1, 0.15) is 187 Å². The first kappa shape index (κ1) is 51.7. The Morgan fingerprint density at radius 1 is 0.571 bits per heavy atom. The van der Waals surface area contributed by atoms with Gasteiger partial charge < -0.3 is 24.0 Å². The Morgan fingerprint density at radius 2 is 1.02 bits per heavy atom. The molecule has 1 fully saturated rings. The lowest BCUT2D eigenvalue weighted by Gasteiger charge is -2.18. The van der Waals surface area contributed by atoms with Gasteiger partial charge in [-0.3, -0.25) is 14.1 Å². The third kappa shape index (κ3) is 36.1. The number of phosphoric acid groups is 1. The maximum atomic E-state index is 12.4. The van der Waals surface area contributed by atoms with Gasteiger partial charge in [-0.05, 0) is 51.4 Å². The summed E-state index contributed by atoms with van der Waals surface area (Å²) in [5.41, 5.74) is 0. The van der Waals surface area contributed by atoms with Crippen molar-refractivity contribution in [1.29, 1.82) is 0 Å². The molecule has 0 spiro atoms. The summed E-state index contributed by atoms with van der Waals surface area (Å²) < 4.78 is 32.0. The van der Waals surface area contributed by atoms with Crippen LogP contribution in [0.4, 0.5) is 0 Å². The van der Waals surface area contributed by atoms with E-state index >= 15 is 0 Å². The summed E-state index contributed by atoms with van der Waals surface area (Å²) in [5, 5.41) is 0. The number of ether oxygens (including phenoxy) is 3. The highest BCUT2D eigenvalue weighted by atomic mass is 31.2. The van der Waals surface area contributed by atoms with E-state index in [1.54, 1.807) is 0 Å². The first-order valence-corrected chi connectivity index (χ1v) is 23.7. The van der Waals surface area contributed by atoms with Crippen molar-refractivity contribution in [2.75, 3.05) is 13.2 Å².